The third kappa shape index (κ3) is 1.79. The summed E-state index contributed by atoms with van der Waals surface area (Å²) < 4.78 is 5.57. The fourth-order valence-corrected chi connectivity index (χ4v) is 2.19. The zero-order valence-electron chi connectivity index (χ0n) is 8.59. The largest absolute Gasteiger partial charge is 0.376 e. The van der Waals surface area contributed by atoms with Crippen molar-refractivity contribution in [2.24, 2.45) is 5.92 Å². The van der Waals surface area contributed by atoms with Gasteiger partial charge in [0.2, 0.25) is 0 Å². The Bertz CT molecular complexity index is 333. The third-order valence-corrected chi connectivity index (χ3v) is 3.10. The molecular formula is C12H15ClO. The first-order valence-electron chi connectivity index (χ1n) is 5.04. The predicted octanol–water partition coefficient (Wildman–Crippen LogP) is 3.61. The van der Waals surface area contributed by atoms with Crippen molar-refractivity contribution in [2.45, 2.75) is 26.4 Å². The summed E-state index contributed by atoms with van der Waals surface area (Å²) in [6.45, 7) is 6.01. The highest BCUT2D eigenvalue weighted by Gasteiger charge is 2.23. The fourth-order valence-electron chi connectivity index (χ4n) is 2.00. The molecule has 1 aliphatic heterocycles. The average molecular weight is 211 g/mol. The number of rotatable bonds is 1. The quantitative estimate of drug-likeness (QED) is 0.688. The molecular weight excluding hydrogens is 196 g/mol. The molecule has 0 fully saturated rings. The van der Waals surface area contributed by atoms with Crippen molar-refractivity contribution in [1.82, 2.24) is 0 Å². The van der Waals surface area contributed by atoms with E-state index in [0.29, 0.717) is 18.4 Å². The lowest BCUT2D eigenvalue weighted by Gasteiger charge is -2.28. The second kappa shape index (κ2) is 3.92. The molecule has 0 amide bonds. The molecule has 1 heterocycles. The summed E-state index contributed by atoms with van der Waals surface area (Å²) in [5.41, 5.74) is 2.66. The van der Waals surface area contributed by atoms with E-state index >= 15 is 0 Å². The highest BCUT2D eigenvalue weighted by molar-refractivity contribution is 6.30. The molecule has 0 N–H and O–H groups in total. The fraction of sp³-hybridized carbons (Fsp3) is 0.500. The highest BCUT2D eigenvalue weighted by atomic mass is 35.5. The number of fused-ring (bicyclic) bond motifs is 1. The van der Waals surface area contributed by atoms with Crippen LogP contribution < -0.4 is 0 Å². The summed E-state index contributed by atoms with van der Waals surface area (Å²) in [4.78, 5) is 0. The van der Waals surface area contributed by atoms with Gasteiger partial charge >= 0.3 is 0 Å². The minimum atomic E-state index is 0.524. The molecule has 1 aliphatic rings. The van der Waals surface area contributed by atoms with Crippen LogP contribution in [0.5, 0.6) is 0 Å². The van der Waals surface area contributed by atoms with Gasteiger partial charge in [-0.3, -0.25) is 0 Å². The Morgan fingerprint density at radius 2 is 2.21 bits per heavy atom. The molecule has 0 saturated heterocycles. The molecule has 14 heavy (non-hydrogen) atoms. The highest BCUT2D eigenvalue weighted by Crippen LogP contribution is 2.33. The maximum absolute atomic E-state index is 5.95. The Morgan fingerprint density at radius 3 is 2.93 bits per heavy atom. The second-order valence-electron chi connectivity index (χ2n) is 4.21. The SMILES string of the molecule is CC(C)[C@@H]1COCc2cc(Cl)ccc21. The van der Waals surface area contributed by atoms with Crippen LogP contribution in [-0.2, 0) is 11.3 Å². The Balaban J connectivity index is 2.40. The maximum atomic E-state index is 5.95. The number of benzene rings is 1. The van der Waals surface area contributed by atoms with Gasteiger partial charge < -0.3 is 4.74 Å². The molecule has 0 aliphatic carbocycles. The molecule has 1 atom stereocenters. The van der Waals surface area contributed by atoms with Gasteiger partial charge in [-0.05, 0) is 29.2 Å². The predicted molar refractivity (Wildman–Crippen MR) is 58.7 cm³/mol. The Kier molecular flexibility index (Phi) is 2.80. The molecule has 76 valence electrons. The van der Waals surface area contributed by atoms with Gasteiger partial charge in [0, 0.05) is 10.9 Å². The Labute approximate surface area is 90.0 Å². The van der Waals surface area contributed by atoms with Gasteiger partial charge in [0.15, 0.2) is 0 Å². The standard InChI is InChI=1S/C12H15ClO/c1-8(2)12-7-14-6-9-5-10(13)3-4-11(9)12/h3-5,8,12H,6-7H2,1-2H3/t12-/m0/s1. The number of hydrogen-bond acceptors (Lipinski definition) is 1. The van der Waals surface area contributed by atoms with E-state index < -0.39 is 0 Å². The molecule has 0 spiro atoms. The van der Waals surface area contributed by atoms with E-state index in [2.05, 4.69) is 19.9 Å². The zero-order valence-corrected chi connectivity index (χ0v) is 9.34. The summed E-state index contributed by atoms with van der Waals surface area (Å²) in [5, 5.41) is 0.803. The second-order valence-corrected chi connectivity index (χ2v) is 4.65. The molecule has 0 unspecified atom stereocenters. The first-order chi connectivity index (χ1) is 6.68. The summed E-state index contributed by atoms with van der Waals surface area (Å²) in [6, 6.07) is 6.14. The number of hydrogen-bond donors (Lipinski definition) is 0. The zero-order chi connectivity index (χ0) is 10.1. The topological polar surface area (TPSA) is 9.23 Å². The minimum absolute atomic E-state index is 0.524. The molecule has 1 aromatic rings. The van der Waals surface area contributed by atoms with Crippen molar-refractivity contribution in [3.8, 4) is 0 Å². The van der Waals surface area contributed by atoms with Crippen molar-refractivity contribution in [2.75, 3.05) is 6.61 Å². The summed E-state index contributed by atoms with van der Waals surface area (Å²) >= 11 is 5.95. The lowest BCUT2D eigenvalue weighted by molar-refractivity contribution is 0.0793. The first-order valence-corrected chi connectivity index (χ1v) is 5.42. The van der Waals surface area contributed by atoms with E-state index in [1.807, 2.05) is 12.1 Å². The lowest BCUT2D eigenvalue weighted by Crippen LogP contribution is -2.20. The smallest absolute Gasteiger partial charge is 0.0720 e. The van der Waals surface area contributed by atoms with Crippen LogP contribution in [0.2, 0.25) is 5.02 Å². The van der Waals surface area contributed by atoms with Gasteiger partial charge in [-0.15, -0.1) is 0 Å². The molecule has 0 bridgehead atoms. The summed E-state index contributed by atoms with van der Waals surface area (Å²) in [5.74, 6) is 1.14. The van der Waals surface area contributed by atoms with Crippen LogP contribution in [0.25, 0.3) is 0 Å². The molecule has 0 aromatic heterocycles. The van der Waals surface area contributed by atoms with Crippen LogP contribution in [-0.4, -0.2) is 6.61 Å². The number of ether oxygens (including phenoxy) is 1. The van der Waals surface area contributed by atoms with E-state index in [1.54, 1.807) is 0 Å². The van der Waals surface area contributed by atoms with Gasteiger partial charge in [-0.2, -0.15) is 0 Å². The summed E-state index contributed by atoms with van der Waals surface area (Å²) in [6.07, 6.45) is 0. The van der Waals surface area contributed by atoms with Gasteiger partial charge in [-0.1, -0.05) is 31.5 Å². The van der Waals surface area contributed by atoms with Crippen LogP contribution >= 0.6 is 11.6 Å². The van der Waals surface area contributed by atoms with Crippen LogP contribution in [0.1, 0.15) is 30.9 Å². The van der Waals surface area contributed by atoms with E-state index in [0.717, 1.165) is 11.6 Å². The van der Waals surface area contributed by atoms with Crippen LogP contribution in [0, 0.1) is 5.92 Å². The van der Waals surface area contributed by atoms with Crippen molar-refractivity contribution in [1.29, 1.82) is 0 Å². The molecule has 1 nitrogen and oxygen atoms in total. The monoisotopic (exact) mass is 210 g/mol. The van der Waals surface area contributed by atoms with Gasteiger partial charge in [0.1, 0.15) is 0 Å². The molecule has 2 rings (SSSR count). The Hall–Kier alpha value is -0.530. The van der Waals surface area contributed by atoms with Crippen molar-refractivity contribution in [3.05, 3.63) is 34.3 Å². The molecule has 2 heteroatoms. The van der Waals surface area contributed by atoms with E-state index in [1.165, 1.54) is 11.1 Å². The van der Waals surface area contributed by atoms with E-state index in [9.17, 15) is 0 Å². The van der Waals surface area contributed by atoms with E-state index in [-0.39, 0.29) is 0 Å². The molecule has 0 radical (unpaired) electrons. The Morgan fingerprint density at radius 1 is 1.43 bits per heavy atom. The van der Waals surface area contributed by atoms with Crippen molar-refractivity contribution in [3.63, 3.8) is 0 Å². The third-order valence-electron chi connectivity index (χ3n) is 2.86. The van der Waals surface area contributed by atoms with Crippen LogP contribution in [0.4, 0.5) is 0 Å². The number of halogens is 1. The van der Waals surface area contributed by atoms with Crippen molar-refractivity contribution < 1.29 is 4.74 Å². The molecule has 0 saturated carbocycles. The first kappa shape index (κ1) is 10.0. The summed E-state index contributed by atoms with van der Waals surface area (Å²) in [7, 11) is 0. The maximum Gasteiger partial charge on any atom is 0.0720 e. The minimum Gasteiger partial charge on any atom is -0.376 e. The normalized spacial score (nSPS) is 21.0. The van der Waals surface area contributed by atoms with E-state index in [4.69, 9.17) is 16.3 Å². The van der Waals surface area contributed by atoms with Crippen molar-refractivity contribution >= 4 is 11.6 Å². The van der Waals surface area contributed by atoms with Gasteiger partial charge in [0.05, 0.1) is 13.2 Å². The van der Waals surface area contributed by atoms with Crippen LogP contribution in [0.3, 0.4) is 0 Å². The van der Waals surface area contributed by atoms with Gasteiger partial charge in [-0.25, -0.2) is 0 Å². The van der Waals surface area contributed by atoms with Crippen LogP contribution in [0.15, 0.2) is 18.2 Å². The lowest BCUT2D eigenvalue weighted by atomic mass is 9.85. The van der Waals surface area contributed by atoms with Gasteiger partial charge in [0.25, 0.3) is 0 Å². The molecule has 1 aromatic carbocycles. The average Bonchev–Trinajstić information content (AvgIpc) is 2.16.